The third-order valence-corrected chi connectivity index (χ3v) is 7.70. The maximum absolute atomic E-state index is 13.7. The van der Waals surface area contributed by atoms with Crippen LogP contribution in [-0.4, -0.2) is 61.0 Å². The van der Waals surface area contributed by atoms with E-state index in [2.05, 4.69) is 42.1 Å². The molecule has 10 heteroatoms. The molecule has 0 bridgehead atoms. The smallest absolute Gasteiger partial charge is 0.353 e. The van der Waals surface area contributed by atoms with Gasteiger partial charge in [-0.25, -0.2) is 4.98 Å². The Hall–Kier alpha value is -3.01. The van der Waals surface area contributed by atoms with Crippen molar-refractivity contribution in [2.45, 2.75) is 62.4 Å². The van der Waals surface area contributed by atoms with Crippen molar-refractivity contribution in [2.24, 2.45) is 0 Å². The Balaban J connectivity index is 1.27. The zero-order chi connectivity index (χ0) is 23.0. The Kier molecular flexibility index (Phi) is 4.36. The fraction of sp³-hybridized carbons (Fsp3) is 0.478. The minimum absolute atomic E-state index is 0.00878. The van der Waals surface area contributed by atoms with Gasteiger partial charge in [0, 0.05) is 48.0 Å². The largest absolute Gasteiger partial charge is 0.433 e. The number of fused-ring (bicyclic) bond motifs is 1. The predicted octanol–water partition coefficient (Wildman–Crippen LogP) is 4.15. The normalized spacial score (nSPS) is 30.2. The van der Waals surface area contributed by atoms with Gasteiger partial charge in [-0.05, 0) is 56.9 Å². The predicted molar refractivity (Wildman–Crippen MR) is 116 cm³/mol. The molecule has 0 aliphatic carbocycles. The molecule has 3 aliphatic rings. The molecule has 0 saturated carbocycles. The van der Waals surface area contributed by atoms with E-state index in [9.17, 15) is 13.2 Å². The first-order valence-electron chi connectivity index (χ1n) is 11.2. The minimum atomic E-state index is -4.61. The van der Waals surface area contributed by atoms with Crippen molar-refractivity contribution < 1.29 is 13.2 Å². The van der Waals surface area contributed by atoms with Gasteiger partial charge in [0.15, 0.2) is 11.5 Å². The Morgan fingerprint density at radius 1 is 1.06 bits per heavy atom. The summed E-state index contributed by atoms with van der Waals surface area (Å²) in [5, 5.41) is 14.9. The maximum atomic E-state index is 13.7. The first kappa shape index (κ1) is 20.6. The number of aromatic amines is 1. The lowest BCUT2D eigenvalue weighted by Crippen LogP contribution is -2.52. The molecule has 1 N–H and O–H groups in total. The number of nitrogens with one attached hydrogen (secondary N) is 1. The van der Waals surface area contributed by atoms with Gasteiger partial charge in [0.05, 0.1) is 11.9 Å². The second-order valence-corrected chi connectivity index (χ2v) is 9.63. The molecule has 6 heterocycles. The van der Waals surface area contributed by atoms with Gasteiger partial charge >= 0.3 is 6.18 Å². The minimum Gasteiger partial charge on any atom is -0.353 e. The number of piperidine rings is 2. The zero-order valence-electron chi connectivity index (χ0n) is 18.3. The van der Waals surface area contributed by atoms with E-state index in [-0.39, 0.29) is 16.8 Å². The molecule has 172 valence electrons. The van der Waals surface area contributed by atoms with E-state index in [4.69, 9.17) is 0 Å². The van der Waals surface area contributed by atoms with E-state index in [0.29, 0.717) is 23.3 Å². The summed E-state index contributed by atoms with van der Waals surface area (Å²) in [7, 11) is 2.04. The van der Waals surface area contributed by atoms with Gasteiger partial charge in [0.2, 0.25) is 0 Å². The van der Waals surface area contributed by atoms with E-state index in [1.807, 2.05) is 13.1 Å². The molecule has 6 rings (SSSR count). The Morgan fingerprint density at radius 3 is 2.55 bits per heavy atom. The first-order valence-corrected chi connectivity index (χ1v) is 11.2. The Labute approximate surface area is 189 Å². The SMILES string of the molecule is CN(c1ccc(-c2ccc(-c3cn[nH]c3)c(C(F)(F)F)n2)nn1)[C@@]1(C)CC2[C@H]3CC[C@@H](C1)N23. The maximum Gasteiger partial charge on any atom is 0.433 e. The van der Waals surface area contributed by atoms with Crippen LogP contribution in [0.3, 0.4) is 0 Å². The fourth-order valence-corrected chi connectivity index (χ4v) is 5.88. The summed E-state index contributed by atoms with van der Waals surface area (Å²) in [6.07, 6.45) is 2.91. The van der Waals surface area contributed by atoms with Crippen molar-refractivity contribution >= 4 is 5.82 Å². The highest BCUT2D eigenvalue weighted by Crippen LogP contribution is 2.54. The van der Waals surface area contributed by atoms with Gasteiger partial charge in [0.25, 0.3) is 0 Å². The van der Waals surface area contributed by atoms with Crippen LogP contribution < -0.4 is 4.90 Å². The number of hydrogen-bond donors (Lipinski definition) is 1. The van der Waals surface area contributed by atoms with Gasteiger partial charge in [-0.3, -0.25) is 10.00 Å². The molecule has 33 heavy (non-hydrogen) atoms. The molecule has 7 nitrogen and oxygen atoms in total. The number of halogens is 3. The van der Waals surface area contributed by atoms with Crippen LogP contribution in [0, 0.1) is 0 Å². The van der Waals surface area contributed by atoms with E-state index in [0.717, 1.165) is 24.7 Å². The van der Waals surface area contributed by atoms with Crippen molar-refractivity contribution in [1.82, 2.24) is 30.3 Å². The van der Waals surface area contributed by atoms with Crippen LogP contribution in [-0.2, 0) is 6.18 Å². The molecular formula is C23H24F3N7. The summed E-state index contributed by atoms with van der Waals surface area (Å²) in [4.78, 5) is 8.74. The summed E-state index contributed by atoms with van der Waals surface area (Å²) in [6.45, 7) is 2.28. The number of H-pyrrole nitrogens is 1. The summed E-state index contributed by atoms with van der Waals surface area (Å²) < 4.78 is 41.1. The number of hydrogen-bond acceptors (Lipinski definition) is 6. The molecule has 3 fully saturated rings. The third-order valence-electron chi connectivity index (χ3n) is 7.70. The lowest BCUT2D eigenvalue weighted by Gasteiger charge is -2.45. The lowest BCUT2D eigenvalue weighted by molar-refractivity contribution is -0.140. The second-order valence-electron chi connectivity index (χ2n) is 9.63. The van der Waals surface area contributed by atoms with Gasteiger partial charge in [0.1, 0.15) is 5.69 Å². The summed E-state index contributed by atoms with van der Waals surface area (Å²) >= 11 is 0. The second kappa shape index (κ2) is 6.99. The van der Waals surface area contributed by atoms with E-state index < -0.39 is 11.9 Å². The van der Waals surface area contributed by atoms with Gasteiger partial charge in [-0.1, -0.05) is 0 Å². The average Bonchev–Trinajstić information content (AvgIpc) is 3.13. The number of nitrogens with zero attached hydrogens (tertiary/aromatic N) is 6. The van der Waals surface area contributed by atoms with Crippen LogP contribution in [0.5, 0.6) is 0 Å². The Bertz CT molecular complexity index is 1180. The molecule has 3 saturated heterocycles. The van der Waals surface area contributed by atoms with Crippen LogP contribution in [0.2, 0.25) is 0 Å². The molecule has 0 amide bonds. The molecule has 2 unspecified atom stereocenters. The molecule has 5 atom stereocenters. The summed E-state index contributed by atoms with van der Waals surface area (Å²) in [6, 6.07) is 8.54. The van der Waals surface area contributed by atoms with Crippen molar-refractivity contribution in [1.29, 1.82) is 0 Å². The standard InChI is InChI=1S/C23H24F3N7/c1-22(9-14-3-7-18-19(10-22)33(14)18)32(2)20-8-6-17(30-31-20)16-5-4-15(13-11-27-28-12-13)21(29-16)23(24,25)26/h4-6,8,11-12,14,18-19H,3,7,9-10H2,1-2H3,(H,27,28)/t14-,18+,19?,22+,33?/m0/s1. The molecular weight excluding hydrogens is 431 g/mol. The fourth-order valence-electron chi connectivity index (χ4n) is 5.88. The number of rotatable bonds is 4. The summed E-state index contributed by atoms with van der Waals surface area (Å²) in [5.74, 6) is 0.720. The van der Waals surface area contributed by atoms with Crippen LogP contribution in [0.25, 0.3) is 22.5 Å². The molecule has 3 aliphatic heterocycles. The van der Waals surface area contributed by atoms with Crippen LogP contribution in [0.1, 0.15) is 38.3 Å². The number of pyridine rings is 1. The molecule has 0 radical (unpaired) electrons. The first-order chi connectivity index (χ1) is 15.7. The summed E-state index contributed by atoms with van der Waals surface area (Å²) in [5.41, 5.74) is -0.247. The van der Waals surface area contributed by atoms with Gasteiger partial charge in [-0.15, -0.1) is 10.2 Å². The lowest BCUT2D eigenvalue weighted by atomic mass is 9.80. The highest BCUT2D eigenvalue weighted by atomic mass is 19.4. The van der Waals surface area contributed by atoms with Crippen molar-refractivity contribution in [3.63, 3.8) is 0 Å². The monoisotopic (exact) mass is 455 g/mol. The zero-order valence-corrected chi connectivity index (χ0v) is 18.3. The molecule has 3 aromatic heterocycles. The van der Waals surface area contributed by atoms with Crippen molar-refractivity contribution in [2.75, 3.05) is 11.9 Å². The number of aromatic nitrogens is 5. The molecule has 0 spiro atoms. The Morgan fingerprint density at radius 2 is 1.88 bits per heavy atom. The number of anilines is 1. The van der Waals surface area contributed by atoms with E-state index in [1.54, 1.807) is 6.07 Å². The quantitative estimate of drug-likeness (QED) is 0.596. The van der Waals surface area contributed by atoms with Crippen LogP contribution in [0.15, 0.2) is 36.7 Å². The van der Waals surface area contributed by atoms with E-state index >= 15 is 0 Å². The highest BCUT2D eigenvalue weighted by Gasteiger charge is 2.62. The van der Waals surface area contributed by atoms with Crippen LogP contribution in [0.4, 0.5) is 19.0 Å². The van der Waals surface area contributed by atoms with Crippen molar-refractivity contribution in [3.8, 4) is 22.5 Å². The number of alkyl halides is 3. The highest BCUT2D eigenvalue weighted by molar-refractivity contribution is 5.68. The third kappa shape index (κ3) is 3.30. The van der Waals surface area contributed by atoms with E-state index in [1.165, 1.54) is 37.4 Å². The average molecular weight is 455 g/mol. The van der Waals surface area contributed by atoms with Crippen LogP contribution >= 0.6 is 0 Å². The molecule has 3 aromatic rings. The topological polar surface area (TPSA) is 73.6 Å². The van der Waals surface area contributed by atoms with Gasteiger partial charge < -0.3 is 4.90 Å². The molecule has 0 aromatic carbocycles. The van der Waals surface area contributed by atoms with Gasteiger partial charge in [-0.2, -0.15) is 18.3 Å². The van der Waals surface area contributed by atoms with Crippen molar-refractivity contribution in [3.05, 3.63) is 42.4 Å².